The number of benzene rings is 1. The molecule has 0 saturated heterocycles. The van der Waals surface area contributed by atoms with E-state index in [1.54, 1.807) is 13.2 Å². The van der Waals surface area contributed by atoms with Crippen LogP contribution in [-0.4, -0.2) is 24.5 Å². The maximum Gasteiger partial charge on any atom is 0.416 e. The fraction of sp³-hybridized carbons (Fsp3) is 0.333. The van der Waals surface area contributed by atoms with Crippen molar-refractivity contribution in [3.63, 3.8) is 0 Å². The highest BCUT2D eigenvalue weighted by Crippen LogP contribution is 2.29. The van der Waals surface area contributed by atoms with Gasteiger partial charge in [-0.05, 0) is 24.7 Å². The summed E-state index contributed by atoms with van der Waals surface area (Å²) in [6.45, 7) is 0.579. The summed E-state index contributed by atoms with van der Waals surface area (Å²) in [6, 6.07) is 5.04. The Morgan fingerprint density at radius 3 is 2.50 bits per heavy atom. The molecule has 0 atom stereocenters. The number of alkyl halides is 3. The molecule has 1 heterocycles. The fourth-order valence-electron chi connectivity index (χ4n) is 1.88. The van der Waals surface area contributed by atoms with Crippen molar-refractivity contribution in [1.82, 2.24) is 10.3 Å². The molecule has 0 aliphatic heterocycles. The van der Waals surface area contributed by atoms with Crippen LogP contribution in [0.5, 0.6) is 0 Å². The van der Waals surface area contributed by atoms with Crippen LogP contribution < -0.4 is 10.6 Å². The summed E-state index contributed by atoms with van der Waals surface area (Å²) < 4.78 is 37.5. The third kappa shape index (κ3) is 6.10. The Morgan fingerprint density at radius 1 is 1.25 bits per heavy atom. The maximum absolute atomic E-state index is 12.5. The van der Waals surface area contributed by atoms with Crippen molar-refractivity contribution in [1.29, 1.82) is 0 Å². The van der Waals surface area contributed by atoms with E-state index in [1.165, 1.54) is 23.5 Å². The number of anilines is 1. The predicted molar refractivity (Wildman–Crippen MR) is 90.8 cm³/mol. The SMILES string of the molecule is CNCCC(=O)Nc1ncc(Cc2ccc(C(F)(F)F)cc2)s1.Cl. The minimum absolute atomic E-state index is 0. The van der Waals surface area contributed by atoms with Crippen LogP contribution in [0, 0.1) is 0 Å². The van der Waals surface area contributed by atoms with E-state index in [1.807, 2.05) is 0 Å². The summed E-state index contributed by atoms with van der Waals surface area (Å²) in [6.07, 6.45) is -1.88. The molecule has 132 valence electrons. The number of rotatable bonds is 6. The normalized spacial score (nSPS) is 11.0. The molecule has 0 bridgehead atoms. The van der Waals surface area contributed by atoms with Crippen LogP contribution in [0.3, 0.4) is 0 Å². The lowest BCUT2D eigenvalue weighted by Crippen LogP contribution is -2.18. The number of nitrogens with one attached hydrogen (secondary N) is 2. The zero-order chi connectivity index (χ0) is 16.9. The van der Waals surface area contributed by atoms with Crippen molar-refractivity contribution in [2.75, 3.05) is 18.9 Å². The van der Waals surface area contributed by atoms with E-state index in [0.29, 0.717) is 24.5 Å². The first-order chi connectivity index (χ1) is 10.9. The molecule has 0 fully saturated rings. The Hall–Kier alpha value is -1.64. The van der Waals surface area contributed by atoms with Crippen LogP contribution in [0.15, 0.2) is 30.5 Å². The van der Waals surface area contributed by atoms with Gasteiger partial charge in [0, 0.05) is 30.5 Å². The zero-order valence-corrected chi connectivity index (χ0v) is 14.4. The van der Waals surface area contributed by atoms with Gasteiger partial charge in [0.05, 0.1) is 5.56 Å². The average Bonchev–Trinajstić information content (AvgIpc) is 2.91. The molecule has 4 nitrogen and oxygen atoms in total. The molecule has 1 amide bonds. The number of amides is 1. The van der Waals surface area contributed by atoms with Crippen LogP contribution in [-0.2, 0) is 17.4 Å². The molecule has 2 rings (SSSR count). The van der Waals surface area contributed by atoms with Gasteiger partial charge in [0.2, 0.25) is 5.91 Å². The number of carbonyl (C=O) groups excluding carboxylic acids is 1. The topological polar surface area (TPSA) is 54.0 Å². The smallest absolute Gasteiger partial charge is 0.319 e. The van der Waals surface area contributed by atoms with E-state index in [0.717, 1.165) is 22.6 Å². The number of hydrogen-bond acceptors (Lipinski definition) is 4. The largest absolute Gasteiger partial charge is 0.416 e. The highest BCUT2D eigenvalue weighted by atomic mass is 35.5. The zero-order valence-electron chi connectivity index (χ0n) is 12.8. The molecule has 0 saturated carbocycles. The van der Waals surface area contributed by atoms with E-state index < -0.39 is 11.7 Å². The minimum atomic E-state index is -4.33. The van der Waals surface area contributed by atoms with Crippen molar-refractivity contribution in [3.8, 4) is 0 Å². The first-order valence-electron chi connectivity index (χ1n) is 6.94. The molecule has 0 spiro atoms. The Balaban J connectivity index is 0.00000288. The summed E-state index contributed by atoms with van der Waals surface area (Å²) in [4.78, 5) is 16.6. The molecule has 9 heteroatoms. The van der Waals surface area contributed by atoms with Gasteiger partial charge in [-0.25, -0.2) is 4.98 Å². The Bertz CT molecular complexity index is 659. The molecule has 0 aliphatic carbocycles. The van der Waals surface area contributed by atoms with E-state index in [2.05, 4.69) is 15.6 Å². The highest BCUT2D eigenvalue weighted by Gasteiger charge is 2.29. The summed E-state index contributed by atoms with van der Waals surface area (Å²) in [7, 11) is 1.76. The quantitative estimate of drug-likeness (QED) is 0.804. The molecule has 24 heavy (non-hydrogen) atoms. The van der Waals surface area contributed by atoms with Gasteiger partial charge in [-0.15, -0.1) is 23.7 Å². The molecule has 1 aromatic carbocycles. The summed E-state index contributed by atoms with van der Waals surface area (Å²) in [5.74, 6) is -0.130. The first kappa shape index (κ1) is 20.4. The van der Waals surface area contributed by atoms with Crippen molar-refractivity contribution in [3.05, 3.63) is 46.5 Å². The van der Waals surface area contributed by atoms with Gasteiger partial charge in [0.15, 0.2) is 5.13 Å². The van der Waals surface area contributed by atoms with Gasteiger partial charge in [-0.1, -0.05) is 12.1 Å². The van der Waals surface area contributed by atoms with Gasteiger partial charge >= 0.3 is 6.18 Å². The lowest BCUT2D eigenvalue weighted by molar-refractivity contribution is -0.137. The van der Waals surface area contributed by atoms with Gasteiger partial charge in [-0.3, -0.25) is 4.79 Å². The van der Waals surface area contributed by atoms with Gasteiger partial charge in [0.25, 0.3) is 0 Å². The van der Waals surface area contributed by atoms with Crippen LogP contribution in [0.4, 0.5) is 18.3 Å². The third-order valence-corrected chi connectivity index (χ3v) is 3.97. The van der Waals surface area contributed by atoms with E-state index >= 15 is 0 Å². The summed E-state index contributed by atoms with van der Waals surface area (Å²) in [5, 5.41) is 6.06. The second kappa shape index (κ2) is 9.00. The van der Waals surface area contributed by atoms with Crippen LogP contribution >= 0.6 is 23.7 Å². The predicted octanol–water partition coefficient (Wildman–Crippen LogP) is 3.72. The standard InChI is InChI=1S/C15H16F3N3OS.ClH/c1-19-7-6-13(22)21-14-20-9-12(23-14)8-10-2-4-11(5-3-10)15(16,17)18;/h2-5,9,19H,6-8H2,1H3,(H,20,21,22);1H. The summed E-state index contributed by atoms with van der Waals surface area (Å²) in [5.41, 5.74) is 0.0951. The molecule has 0 radical (unpaired) electrons. The number of nitrogens with zero attached hydrogens (tertiary/aromatic N) is 1. The van der Waals surface area contributed by atoms with E-state index in [-0.39, 0.29) is 18.3 Å². The number of aromatic nitrogens is 1. The van der Waals surface area contributed by atoms with Crippen LogP contribution in [0.25, 0.3) is 0 Å². The van der Waals surface area contributed by atoms with Gasteiger partial charge in [0.1, 0.15) is 0 Å². The highest BCUT2D eigenvalue weighted by molar-refractivity contribution is 7.15. The Labute approximate surface area is 147 Å². The van der Waals surface area contributed by atoms with Crippen molar-refractivity contribution in [2.45, 2.75) is 19.0 Å². The van der Waals surface area contributed by atoms with Gasteiger partial charge in [-0.2, -0.15) is 13.2 Å². The van der Waals surface area contributed by atoms with Gasteiger partial charge < -0.3 is 10.6 Å². The van der Waals surface area contributed by atoms with Crippen molar-refractivity contribution in [2.24, 2.45) is 0 Å². The van der Waals surface area contributed by atoms with Crippen molar-refractivity contribution >= 4 is 34.8 Å². The molecule has 0 unspecified atom stereocenters. The lowest BCUT2D eigenvalue weighted by atomic mass is 10.1. The molecule has 2 N–H and O–H groups in total. The minimum Gasteiger partial charge on any atom is -0.319 e. The van der Waals surface area contributed by atoms with Crippen LogP contribution in [0.2, 0.25) is 0 Å². The number of thiazole rings is 1. The number of halogens is 4. The van der Waals surface area contributed by atoms with E-state index in [9.17, 15) is 18.0 Å². The maximum atomic E-state index is 12.5. The second-order valence-electron chi connectivity index (χ2n) is 4.90. The Morgan fingerprint density at radius 2 is 1.92 bits per heavy atom. The Kier molecular flexibility index (Phi) is 7.65. The second-order valence-corrected chi connectivity index (χ2v) is 6.02. The molecule has 2 aromatic rings. The lowest BCUT2D eigenvalue weighted by Gasteiger charge is -2.06. The van der Waals surface area contributed by atoms with Crippen LogP contribution in [0.1, 0.15) is 22.4 Å². The number of carbonyl (C=O) groups is 1. The number of hydrogen-bond donors (Lipinski definition) is 2. The molecule has 1 aromatic heterocycles. The summed E-state index contributed by atoms with van der Waals surface area (Å²) >= 11 is 1.31. The van der Waals surface area contributed by atoms with Crippen molar-refractivity contribution < 1.29 is 18.0 Å². The fourth-order valence-corrected chi connectivity index (χ4v) is 2.74. The first-order valence-corrected chi connectivity index (χ1v) is 7.75. The molecule has 0 aliphatic rings. The third-order valence-electron chi connectivity index (χ3n) is 3.06. The monoisotopic (exact) mass is 379 g/mol. The van der Waals surface area contributed by atoms with E-state index in [4.69, 9.17) is 0 Å². The average molecular weight is 380 g/mol. The molecular weight excluding hydrogens is 363 g/mol. The molecular formula is C15H17ClF3N3OS.